The van der Waals surface area contributed by atoms with Crippen molar-refractivity contribution in [3.05, 3.63) is 68.1 Å². The topological polar surface area (TPSA) is 49.4 Å². The van der Waals surface area contributed by atoms with Crippen molar-refractivity contribution in [2.24, 2.45) is 0 Å². The molecule has 0 aliphatic heterocycles. The largest absolute Gasteiger partial charge is 0.352 e. The summed E-state index contributed by atoms with van der Waals surface area (Å²) in [6.45, 7) is 5.66. The van der Waals surface area contributed by atoms with Crippen molar-refractivity contribution in [2.45, 2.75) is 45.2 Å². The first-order valence-electron chi connectivity index (χ1n) is 9.54. The average Bonchev–Trinajstić information content (AvgIpc) is 2.68. The predicted octanol–water partition coefficient (Wildman–Crippen LogP) is 5.93. The highest BCUT2D eigenvalue weighted by Crippen LogP contribution is 2.27. The average molecular weight is 532 g/mol. The molecule has 2 amide bonds. The van der Waals surface area contributed by atoms with E-state index in [1.54, 1.807) is 30.0 Å². The fourth-order valence-electron chi connectivity index (χ4n) is 2.76. The van der Waals surface area contributed by atoms with Crippen LogP contribution in [0.4, 0.5) is 0 Å². The first-order chi connectivity index (χ1) is 14.2. The number of halogens is 3. The summed E-state index contributed by atoms with van der Waals surface area (Å²) in [5, 5.41) is 3.81. The normalized spacial score (nSPS) is 12.0. The van der Waals surface area contributed by atoms with Crippen LogP contribution in [0.2, 0.25) is 10.0 Å². The molecule has 2 aromatic carbocycles. The standard InChI is InChI=1S/C22H25BrCl2N2O2S/c1-14(2)26-22(29)15(3)27(11-18-19(24)5-4-6-20(18)25)21(28)13-30-12-16-7-9-17(23)10-8-16/h4-10,14-15H,11-13H2,1-3H3,(H,26,29). The Morgan fingerprint density at radius 2 is 1.67 bits per heavy atom. The molecule has 0 aliphatic carbocycles. The number of nitrogens with zero attached hydrogens (tertiary/aromatic N) is 1. The second-order valence-corrected chi connectivity index (χ2v) is 9.90. The minimum atomic E-state index is -0.652. The van der Waals surface area contributed by atoms with E-state index in [0.717, 1.165) is 10.0 Å². The van der Waals surface area contributed by atoms with Gasteiger partial charge in [-0.3, -0.25) is 9.59 Å². The van der Waals surface area contributed by atoms with Crippen LogP contribution in [0.25, 0.3) is 0 Å². The van der Waals surface area contributed by atoms with Crippen LogP contribution in [0.3, 0.4) is 0 Å². The smallest absolute Gasteiger partial charge is 0.242 e. The van der Waals surface area contributed by atoms with Crippen LogP contribution in [-0.2, 0) is 21.9 Å². The van der Waals surface area contributed by atoms with Crippen LogP contribution in [-0.4, -0.2) is 34.6 Å². The Hall–Kier alpha value is -1.21. The number of amides is 2. The third kappa shape index (κ3) is 7.49. The number of carbonyl (C=O) groups excluding carboxylic acids is 2. The van der Waals surface area contributed by atoms with Crippen molar-refractivity contribution in [1.29, 1.82) is 0 Å². The molecule has 2 aromatic rings. The van der Waals surface area contributed by atoms with Crippen LogP contribution in [0.5, 0.6) is 0 Å². The number of hydrogen-bond acceptors (Lipinski definition) is 3. The SMILES string of the molecule is CC(C)NC(=O)C(C)N(Cc1c(Cl)cccc1Cl)C(=O)CSCc1ccc(Br)cc1. The summed E-state index contributed by atoms with van der Waals surface area (Å²) in [5.74, 6) is 0.600. The number of nitrogens with one attached hydrogen (secondary N) is 1. The molecule has 0 radical (unpaired) electrons. The number of hydrogen-bond donors (Lipinski definition) is 1. The summed E-state index contributed by atoms with van der Waals surface area (Å²) < 4.78 is 1.01. The van der Waals surface area contributed by atoms with Crippen molar-refractivity contribution in [3.8, 4) is 0 Å². The number of benzene rings is 2. The van der Waals surface area contributed by atoms with Crippen molar-refractivity contribution < 1.29 is 9.59 Å². The Balaban J connectivity index is 2.13. The van der Waals surface area contributed by atoms with Crippen molar-refractivity contribution in [3.63, 3.8) is 0 Å². The van der Waals surface area contributed by atoms with E-state index in [2.05, 4.69) is 21.2 Å². The van der Waals surface area contributed by atoms with E-state index in [1.807, 2.05) is 38.1 Å². The lowest BCUT2D eigenvalue weighted by atomic mass is 10.1. The fourth-order valence-corrected chi connectivity index (χ4v) is 4.41. The molecule has 0 aromatic heterocycles. The molecule has 0 heterocycles. The molecule has 0 fully saturated rings. The van der Waals surface area contributed by atoms with Crippen LogP contribution < -0.4 is 5.32 Å². The van der Waals surface area contributed by atoms with E-state index < -0.39 is 6.04 Å². The summed E-state index contributed by atoms with van der Waals surface area (Å²) in [6, 6.07) is 12.5. The summed E-state index contributed by atoms with van der Waals surface area (Å²) in [4.78, 5) is 27.2. The molecule has 162 valence electrons. The first-order valence-corrected chi connectivity index (χ1v) is 12.2. The van der Waals surface area contributed by atoms with Crippen molar-refractivity contribution in [1.82, 2.24) is 10.2 Å². The maximum absolute atomic E-state index is 13.1. The quantitative estimate of drug-likeness (QED) is 0.436. The molecule has 0 saturated heterocycles. The molecule has 2 rings (SSSR count). The molecule has 1 unspecified atom stereocenters. The van der Waals surface area contributed by atoms with Gasteiger partial charge in [-0.05, 0) is 50.6 Å². The number of thioether (sulfide) groups is 1. The monoisotopic (exact) mass is 530 g/mol. The van der Waals surface area contributed by atoms with Gasteiger partial charge >= 0.3 is 0 Å². The highest BCUT2D eigenvalue weighted by Gasteiger charge is 2.27. The summed E-state index contributed by atoms with van der Waals surface area (Å²) >= 11 is 17.5. The molecule has 1 N–H and O–H groups in total. The van der Waals surface area contributed by atoms with Gasteiger partial charge in [-0.15, -0.1) is 11.8 Å². The van der Waals surface area contributed by atoms with Crippen molar-refractivity contribution >= 4 is 62.7 Å². The van der Waals surface area contributed by atoms with E-state index >= 15 is 0 Å². The van der Waals surface area contributed by atoms with Gasteiger partial charge in [-0.2, -0.15) is 0 Å². The van der Waals surface area contributed by atoms with Gasteiger partial charge < -0.3 is 10.2 Å². The second kappa shape index (κ2) is 12.0. The highest BCUT2D eigenvalue weighted by molar-refractivity contribution is 9.10. The van der Waals surface area contributed by atoms with Crippen LogP contribution in [0.15, 0.2) is 46.9 Å². The van der Waals surface area contributed by atoms with Crippen molar-refractivity contribution in [2.75, 3.05) is 5.75 Å². The molecule has 0 aliphatic rings. The Morgan fingerprint density at radius 1 is 1.07 bits per heavy atom. The van der Waals surface area contributed by atoms with Gasteiger partial charge in [0.2, 0.25) is 11.8 Å². The highest BCUT2D eigenvalue weighted by atomic mass is 79.9. The summed E-state index contributed by atoms with van der Waals surface area (Å²) in [6.07, 6.45) is 0. The zero-order valence-corrected chi connectivity index (χ0v) is 21.0. The molecular formula is C22H25BrCl2N2O2S. The van der Waals surface area contributed by atoms with Crippen LogP contribution >= 0.6 is 50.9 Å². The molecule has 4 nitrogen and oxygen atoms in total. The number of carbonyl (C=O) groups is 2. The first kappa shape index (κ1) is 25.1. The van der Waals surface area contributed by atoms with Gasteiger partial charge in [-0.25, -0.2) is 0 Å². The van der Waals surface area contributed by atoms with Gasteiger partial charge in [0.25, 0.3) is 0 Å². The van der Waals surface area contributed by atoms with Crippen LogP contribution in [0.1, 0.15) is 31.9 Å². The van der Waals surface area contributed by atoms with Gasteiger partial charge in [0.1, 0.15) is 6.04 Å². The molecule has 0 saturated carbocycles. The Labute approximate surface area is 200 Å². The molecule has 1 atom stereocenters. The zero-order chi connectivity index (χ0) is 22.3. The molecule has 0 spiro atoms. The molecule has 0 bridgehead atoms. The third-order valence-corrected chi connectivity index (χ3v) is 6.62. The third-order valence-electron chi connectivity index (χ3n) is 4.40. The Kier molecular flexibility index (Phi) is 10.0. The van der Waals surface area contributed by atoms with Gasteiger partial charge in [-0.1, -0.05) is 57.3 Å². The lowest BCUT2D eigenvalue weighted by Gasteiger charge is -2.30. The minimum absolute atomic E-state index is 0.0208. The lowest BCUT2D eigenvalue weighted by Crippen LogP contribution is -2.49. The van der Waals surface area contributed by atoms with E-state index in [-0.39, 0.29) is 30.2 Å². The fraction of sp³-hybridized carbons (Fsp3) is 0.364. The second-order valence-electron chi connectivity index (χ2n) is 7.18. The Morgan fingerprint density at radius 3 is 2.23 bits per heavy atom. The van der Waals surface area contributed by atoms with Gasteiger partial charge in [0.05, 0.1) is 5.75 Å². The van der Waals surface area contributed by atoms with E-state index in [9.17, 15) is 9.59 Å². The van der Waals surface area contributed by atoms with E-state index in [4.69, 9.17) is 23.2 Å². The molecular weight excluding hydrogens is 507 g/mol. The number of rotatable bonds is 9. The van der Waals surface area contributed by atoms with Gasteiger partial charge in [0.15, 0.2) is 0 Å². The maximum atomic E-state index is 13.1. The molecule has 30 heavy (non-hydrogen) atoms. The minimum Gasteiger partial charge on any atom is -0.352 e. The summed E-state index contributed by atoms with van der Waals surface area (Å²) in [7, 11) is 0. The lowest BCUT2D eigenvalue weighted by molar-refractivity contribution is -0.138. The summed E-state index contributed by atoms with van der Waals surface area (Å²) in [5.41, 5.74) is 1.76. The van der Waals surface area contributed by atoms with Gasteiger partial charge in [0, 0.05) is 38.4 Å². The molecule has 8 heteroatoms. The zero-order valence-electron chi connectivity index (χ0n) is 17.1. The van der Waals surface area contributed by atoms with E-state index in [1.165, 1.54) is 11.8 Å². The predicted molar refractivity (Wildman–Crippen MR) is 130 cm³/mol. The van der Waals surface area contributed by atoms with E-state index in [0.29, 0.717) is 21.4 Å². The van der Waals surface area contributed by atoms with Crippen LogP contribution in [0, 0.1) is 0 Å². The Bertz CT molecular complexity index is 858. The maximum Gasteiger partial charge on any atom is 0.242 e.